The van der Waals surface area contributed by atoms with E-state index in [0.717, 1.165) is 50.3 Å². The van der Waals surface area contributed by atoms with E-state index < -0.39 is 0 Å². The van der Waals surface area contributed by atoms with Crippen molar-refractivity contribution in [1.82, 2.24) is 19.6 Å². The number of rotatable bonds is 7. The van der Waals surface area contributed by atoms with Gasteiger partial charge in [-0.1, -0.05) is 25.1 Å². The van der Waals surface area contributed by atoms with Gasteiger partial charge in [0.1, 0.15) is 5.75 Å². The van der Waals surface area contributed by atoms with Crippen LogP contribution in [-0.2, 0) is 17.9 Å². The van der Waals surface area contributed by atoms with Crippen LogP contribution >= 0.6 is 0 Å². The van der Waals surface area contributed by atoms with Crippen molar-refractivity contribution in [2.75, 3.05) is 26.7 Å². The molecule has 2 heterocycles. The molecule has 1 aromatic carbocycles. The first kappa shape index (κ1) is 17.5. The van der Waals surface area contributed by atoms with Crippen molar-refractivity contribution in [2.45, 2.75) is 32.5 Å². The third-order valence-corrected chi connectivity index (χ3v) is 4.69. The Hall–Kier alpha value is -2.34. The molecule has 0 N–H and O–H groups in total. The number of benzene rings is 1. The second-order valence-electron chi connectivity index (χ2n) is 6.44. The molecule has 134 valence electrons. The van der Waals surface area contributed by atoms with Gasteiger partial charge in [0.2, 0.25) is 6.41 Å². The van der Waals surface area contributed by atoms with E-state index >= 15 is 0 Å². The number of piperazine rings is 1. The Labute approximate surface area is 149 Å². The van der Waals surface area contributed by atoms with E-state index in [0.29, 0.717) is 6.54 Å². The number of nitrogens with zero attached hydrogens (tertiary/aromatic N) is 4. The average molecular weight is 342 g/mol. The van der Waals surface area contributed by atoms with Crippen molar-refractivity contribution < 1.29 is 9.53 Å². The van der Waals surface area contributed by atoms with E-state index in [9.17, 15) is 4.79 Å². The highest BCUT2D eigenvalue weighted by Gasteiger charge is 2.29. The number of para-hydroxylation sites is 1. The maximum Gasteiger partial charge on any atom is 0.209 e. The Kier molecular flexibility index (Phi) is 5.71. The van der Waals surface area contributed by atoms with E-state index in [1.54, 1.807) is 7.11 Å². The van der Waals surface area contributed by atoms with Gasteiger partial charge in [-0.15, -0.1) is 0 Å². The molecule has 1 aliphatic rings. The molecule has 0 saturated carbocycles. The van der Waals surface area contributed by atoms with Crippen LogP contribution in [0.25, 0.3) is 0 Å². The minimum atomic E-state index is 0.115. The fourth-order valence-corrected chi connectivity index (χ4v) is 3.44. The number of aromatic nitrogens is 2. The summed E-state index contributed by atoms with van der Waals surface area (Å²) in [7, 11) is 1.69. The maximum absolute atomic E-state index is 11.3. The van der Waals surface area contributed by atoms with Crippen molar-refractivity contribution in [1.29, 1.82) is 0 Å². The quantitative estimate of drug-likeness (QED) is 0.725. The number of carbonyl (C=O) groups is 1. The van der Waals surface area contributed by atoms with Crippen LogP contribution in [0.3, 0.4) is 0 Å². The van der Waals surface area contributed by atoms with Crippen molar-refractivity contribution in [3.8, 4) is 5.75 Å². The maximum atomic E-state index is 11.3. The number of methoxy groups -OCH3 is 1. The standard InChI is InChI=1S/C19H26N4O2/c1-3-8-23-13-16(11-20-23)12-22-10-9-21(15-24)14-18(22)17-6-4-5-7-19(17)25-2/h4-7,11,13,15,18H,3,8-10,12,14H2,1-2H3/t18-/m0/s1. The summed E-state index contributed by atoms with van der Waals surface area (Å²) >= 11 is 0. The van der Waals surface area contributed by atoms with Gasteiger partial charge < -0.3 is 9.64 Å². The van der Waals surface area contributed by atoms with E-state index in [4.69, 9.17) is 4.74 Å². The number of carbonyl (C=O) groups excluding carboxylic acids is 1. The predicted molar refractivity (Wildman–Crippen MR) is 96.3 cm³/mol. The molecule has 0 radical (unpaired) electrons. The fourth-order valence-electron chi connectivity index (χ4n) is 3.44. The Morgan fingerprint density at radius 3 is 2.92 bits per heavy atom. The molecule has 0 spiro atoms. The minimum Gasteiger partial charge on any atom is -0.496 e. The van der Waals surface area contributed by atoms with Crippen molar-refractivity contribution in [2.24, 2.45) is 0 Å². The van der Waals surface area contributed by atoms with Gasteiger partial charge in [0, 0.05) is 50.0 Å². The molecule has 25 heavy (non-hydrogen) atoms. The summed E-state index contributed by atoms with van der Waals surface area (Å²) in [6.45, 7) is 6.16. The Morgan fingerprint density at radius 1 is 1.32 bits per heavy atom. The van der Waals surface area contributed by atoms with Crippen molar-refractivity contribution in [3.05, 3.63) is 47.8 Å². The van der Waals surface area contributed by atoms with Crippen LogP contribution < -0.4 is 4.74 Å². The van der Waals surface area contributed by atoms with Gasteiger partial charge >= 0.3 is 0 Å². The number of hydrogen-bond acceptors (Lipinski definition) is 4. The van der Waals surface area contributed by atoms with Crippen molar-refractivity contribution in [3.63, 3.8) is 0 Å². The molecule has 3 rings (SSSR count). The molecule has 6 nitrogen and oxygen atoms in total. The molecular formula is C19H26N4O2. The van der Waals surface area contributed by atoms with E-state index in [1.807, 2.05) is 34.0 Å². The fraction of sp³-hybridized carbons (Fsp3) is 0.474. The smallest absolute Gasteiger partial charge is 0.209 e. The zero-order chi connectivity index (χ0) is 17.6. The van der Waals surface area contributed by atoms with Crippen LogP contribution in [0, 0.1) is 0 Å². The summed E-state index contributed by atoms with van der Waals surface area (Å²) < 4.78 is 7.55. The second-order valence-corrected chi connectivity index (χ2v) is 6.44. The number of aryl methyl sites for hydroxylation is 1. The van der Waals surface area contributed by atoms with Crippen LogP contribution in [0.2, 0.25) is 0 Å². The lowest BCUT2D eigenvalue weighted by Crippen LogP contribution is -2.47. The Morgan fingerprint density at radius 2 is 2.16 bits per heavy atom. The highest BCUT2D eigenvalue weighted by Crippen LogP contribution is 2.32. The van der Waals surface area contributed by atoms with Crippen LogP contribution in [0.4, 0.5) is 0 Å². The van der Waals surface area contributed by atoms with E-state index in [-0.39, 0.29) is 6.04 Å². The van der Waals surface area contributed by atoms with Crippen molar-refractivity contribution >= 4 is 6.41 Å². The zero-order valence-corrected chi connectivity index (χ0v) is 15.0. The summed E-state index contributed by atoms with van der Waals surface area (Å²) in [5, 5.41) is 4.43. The molecule has 1 aliphatic heterocycles. The molecule has 0 aliphatic carbocycles. The molecular weight excluding hydrogens is 316 g/mol. The summed E-state index contributed by atoms with van der Waals surface area (Å²) in [6.07, 6.45) is 6.08. The lowest BCUT2D eigenvalue weighted by Gasteiger charge is -2.40. The van der Waals surface area contributed by atoms with Gasteiger partial charge in [0.05, 0.1) is 19.3 Å². The van der Waals surface area contributed by atoms with Gasteiger partial charge in [-0.2, -0.15) is 5.10 Å². The topological polar surface area (TPSA) is 50.6 Å². The van der Waals surface area contributed by atoms with E-state index in [1.165, 1.54) is 5.56 Å². The largest absolute Gasteiger partial charge is 0.496 e. The van der Waals surface area contributed by atoms with Gasteiger partial charge in [-0.25, -0.2) is 0 Å². The van der Waals surface area contributed by atoms with Gasteiger partial charge in [-0.3, -0.25) is 14.4 Å². The van der Waals surface area contributed by atoms with Crippen LogP contribution in [0.5, 0.6) is 5.75 Å². The van der Waals surface area contributed by atoms with Crippen LogP contribution in [0.15, 0.2) is 36.7 Å². The number of hydrogen-bond donors (Lipinski definition) is 0. The molecule has 1 saturated heterocycles. The predicted octanol–water partition coefficient (Wildman–Crippen LogP) is 2.32. The minimum absolute atomic E-state index is 0.115. The molecule has 1 aromatic heterocycles. The molecule has 1 amide bonds. The third-order valence-electron chi connectivity index (χ3n) is 4.69. The lowest BCUT2D eigenvalue weighted by molar-refractivity contribution is -0.121. The molecule has 0 unspecified atom stereocenters. The average Bonchev–Trinajstić information content (AvgIpc) is 3.09. The SMILES string of the molecule is CCCn1cc(CN2CCN(C=O)C[C@H]2c2ccccc2OC)cn1. The summed E-state index contributed by atoms with van der Waals surface area (Å²) in [4.78, 5) is 15.5. The first-order valence-corrected chi connectivity index (χ1v) is 8.82. The summed E-state index contributed by atoms with van der Waals surface area (Å²) in [5.41, 5.74) is 2.32. The second kappa shape index (κ2) is 8.16. The Bertz CT molecular complexity index is 700. The molecule has 2 aromatic rings. The molecule has 1 fully saturated rings. The van der Waals surface area contributed by atoms with Gasteiger partial charge in [0.15, 0.2) is 0 Å². The molecule has 1 atom stereocenters. The van der Waals surface area contributed by atoms with Gasteiger partial charge in [-0.05, 0) is 12.5 Å². The van der Waals surface area contributed by atoms with Crippen LogP contribution in [-0.4, -0.2) is 52.7 Å². The molecule has 6 heteroatoms. The number of ether oxygens (including phenoxy) is 1. The Balaban J connectivity index is 1.83. The summed E-state index contributed by atoms with van der Waals surface area (Å²) in [5.74, 6) is 0.868. The zero-order valence-electron chi connectivity index (χ0n) is 15.0. The lowest BCUT2D eigenvalue weighted by atomic mass is 10.0. The van der Waals surface area contributed by atoms with Crippen LogP contribution in [0.1, 0.15) is 30.5 Å². The van der Waals surface area contributed by atoms with Gasteiger partial charge in [0.25, 0.3) is 0 Å². The highest BCUT2D eigenvalue weighted by molar-refractivity contribution is 5.48. The molecule has 0 bridgehead atoms. The monoisotopic (exact) mass is 342 g/mol. The normalized spacial score (nSPS) is 18.3. The third kappa shape index (κ3) is 4.02. The first-order valence-electron chi connectivity index (χ1n) is 8.82. The highest BCUT2D eigenvalue weighted by atomic mass is 16.5. The van der Waals surface area contributed by atoms with E-state index in [2.05, 4.69) is 29.2 Å². The number of amides is 1. The summed E-state index contributed by atoms with van der Waals surface area (Å²) in [6, 6.07) is 8.18. The first-order chi connectivity index (χ1) is 12.2.